The quantitative estimate of drug-likeness (QED) is 0.720. The molecule has 0 saturated carbocycles. The van der Waals surface area contributed by atoms with Gasteiger partial charge in [0.15, 0.2) is 5.69 Å². The molecule has 1 aliphatic heterocycles. The van der Waals surface area contributed by atoms with E-state index >= 15 is 0 Å². The van der Waals surface area contributed by atoms with E-state index in [1.807, 2.05) is 0 Å². The van der Waals surface area contributed by atoms with Crippen LogP contribution in [0.3, 0.4) is 0 Å². The summed E-state index contributed by atoms with van der Waals surface area (Å²) >= 11 is 0. The molecule has 1 N–H and O–H groups in total. The van der Waals surface area contributed by atoms with Gasteiger partial charge < -0.3 is 15.0 Å². The number of hydrogen-bond donors (Lipinski definition) is 1. The predicted octanol–water partition coefficient (Wildman–Crippen LogP) is 3.40. The Labute approximate surface area is 166 Å². The summed E-state index contributed by atoms with van der Waals surface area (Å²) in [6.07, 6.45) is 2.93. The summed E-state index contributed by atoms with van der Waals surface area (Å²) in [5.41, 5.74) is 1.91. The van der Waals surface area contributed by atoms with Crippen LogP contribution in [0, 0.1) is 5.82 Å². The lowest BCUT2D eigenvalue weighted by atomic mass is 10.2. The number of amides is 2. The smallest absolute Gasteiger partial charge is 0.276 e. The number of benzene rings is 2. The fourth-order valence-electron chi connectivity index (χ4n) is 3.28. The molecule has 2 heterocycles. The minimum atomic E-state index is -0.410. The van der Waals surface area contributed by atoms with E-state index in [1.165, 1.54) is 23.9 Å². The fourth-order valence-corrected chi connectivity index (χ4v) is 3.28. The van der Waals surface area contributed by atoms with Gasteiger partial charge in [-0.2, -0.15) is 5.10 Å². The number of carbonyl (C=O) groups excluding carboxylic acids is 2. The monoisotopic (exact) mass is 394 g/mol. The number of ether oxygens (including phenoxy) is 1. The van der Waals surface area contributed by atoms with E-state index < -0.39 is 5.91 Å². The van der Waals surface area contributed by atoms with Crippen LogP contribution in [0.15, 0.2) is 54.7 Å². The second kappa shape index (κ2) is 7.75. The Morgan fingerprint density at radius 2 is 2.07 bits per heavy atom. The van der Waals surface area contributed by atoms with Crippen LogP contribution in [-0.4, -0.2) is 35.2 Å². The molecule has 0 unspecified atom stereocenters. The maximum Gasteiger partial charge on any atom is 0.276 e. The van der Waals surface area contributed by atoms with Gasteiger partial charge in [-0.1, -0.05) is 6.07 Å². The highest BCUT2D eigenvalue weighted by Crippen LogP contribution is 2.33. The van der Waals surface area contributed by atoms with E-state index in [1.54, 1.807) is 47.5 Å². The maximum atomic E-state index is 13.4. The summed E-state index contributed by atoms with van der Waals surface area (Å²) in [5, 5.41) is 6.97. The third-order valence-electron chi connectivity index (χ3n) is 4.70. The van der Waals surface area contributed by atoms with Gasteiger partial charge in [0.1, 0.15) is 11.6 Å². The van der Waals surface area contributed by atoms with Crippen LogP contribution in [0.5, 0.6) is 5.75 Å². The number of anilines is 2. The third-order valence-corrected chi connectivity index (χ3v) is 4.70. The summed E-state index contributed by atoms with van der Waals surface area (Å²) in [5.74, 6) is -0.230. The van der Waals surface area contributed by atoms with Gasteiger partial charge in [-0.05, 0) is 42.8 Å². The molecule has 0 radical (unpaired) electrons. The highest BCUT2D eigenvalue weighted by molar-refractivity contribution is 6.03. The standard InChI is InChI=1S/C21H19FN4O3/c1-29-19-13-15(7-8-18(19)25-10-3-6-20(25)27)23-21(28)17-9-11-26(24-17)16-5-2-4-14(22)12-16/h2,4-5,7-9,11-13H,3,6,10H2,1H3,(H,23,28). The number of hydrogen-bond acceptors (Lipinski definition) is 4. The maximum absolute atomic E-state index is 13.4. The molecule has 148 valence electrons. The molecule has 7 nitrogen and oxygen atoms in total. The van der Waals surface area contributed by atoms with Crippen LogP contribution in [0.4, 0.5) is 15.8 Å². The minimum absolute atomic E-state index is 0.0583. The first-order chi connectivity index (χ1) is 14.0. The zero-order valence-electron chi connectivity index (χ0n) is 15.8. The van der Waals surface area contributed by atoms with Crippen LogP contribution in [-0.2, 0) is 4.79 Å². The van der Waals surface area contributed by atoms with Crippen LogP contribution >= 0.6 is 0 Å². The molecule has 2 amide bonds. The van der Waals surface area contributed by atoms with Crippen LogP contribution in [0.25, 0.3) is 5.69 Å². The molecular weight excluding hydrogens is 375 g/mol. The Morgan fingerprint density at radius 3 is 2.79 bits per heavy atom. The third kappa shape index (κ3) is 3.82. The predicted molar refractivity (Wildman–Crippen MR) is 106 cm³/mol. The average molecular weight is 394 g/mol. The van der Waals surface area contributed by atoms with Crippen molar-refractivity contribution in [3.8, 4) is 11.4 Å². The summed E-state index contributed by atoms with van der Waals surface area (Å²) < 4.78 is 20.2. The number of halogens is 1. The number of nitrogens with zero attached hydrogens (tertiary/aromatic N) is 3. The second-order valence-corrected chi connectivity index (χ2v) is 6.62. The van der Waals surface area contributed by atoms with Gasteiger partial charge in [-0.15, -0.1) is 0 Å². The minimum Gasteiger partial charge on any atom is -0.494 e. The highest BCUT2D eigenvalue weighted by Gasteiger charge is 2.24. The molecule has 1 aromatic heterocycles. The van der Waals surface area contributed by atoms with E-state index in [4.69, 9.17) is 4.74 Å². The van der Waals surface area contributed by atoms with Crippen molar-refractivity contribution in [2.45, 2.75) is 12.8 Å². The first kappa shape index (κ1) is 18.7. The Balaban J connectivity index is 1.52. The molecule has 2 aromatic carbocycles. The summed E-state index contributed by atoms with van der Waals surface area (Å²) in [7, 11) is 1.52. The van der Waals surface area contributed by atoms with E-state index in [9.17, 15) is 14.0 Å². The van der Waals surface area contributed by atoms with Crippen molar-refractivity contribution >= 4 is 23.2 Å². The Morgan fingerprint density at radius 1 is 1.21 bits per heavy atom. The number of carbonyl (C=O) groups is 2. The first-order valence-corrected chi connectivity index (χ1v) is 9.16. The lowest BCUT2D eigenvalue weighted by Crippen LogP contribution is -2.24. The molecule has 1 saturated heterocycles. The zero-order chi connectivity index (χ0) is 20.4. The van der Waals surface area contributed by atoms with Crippen LogP contribution in [0.2, 0.25) is 0 Å². The fraction of sp³-hybridized carbons (Fsp3) is 0.190. The Kier molecular flexibility index (Phi) is 4.99. The van der Waals surface area contributed by atoms with Crippen molar-refractivity contribution in [1.29, 1.82) is 0 Å². The zero-order valence-corrected chi connectivity index (χ0v) is 15.8. The van der Waals surface area contributed by atoms with Gasteiger partial charge in [-0.25, -0.2) is 9.07 Å². The van der Waals surface area contributed by atoms with Crippen LogP contribution in [0.1, 0.15) is 23.3 Å². The summed E-state index contributed by atoms with van der Waals surface area (Å²) in [4.78, 5) is 26.2. The lowest BCUT2D eigenvalue weighted by molar-refractivity contribution is -0.117. The first-order valence-electron chi connectivity index (χ1n) is 9.16. The Bertz CT molecular complexity index is 1080. The summed E-state index contributed by atoms with van der Waals surface area (Å²) in [6.45, 7) is 0.651. The topological polar surface area (TPSA) is 76.5 Å². The van der Waals surface area contributed by atoms with Gasteiger partial charge in [0.2, 0.25) is 5.91 Å². The Hall–Kier alpha value is -3.68. The van der Waals surface area contributed by atoms with Crippen molar-refractivity contribution in [2.24, 2.45) is 0 Å². The van der Waals surface area contributed by atoms with E-state index in [0.717, 1.165) is 6.42 Å². The molecule has 4 rings (SSSR count). The molecular formula is C21H19FN4O3. The SMILES string of the molecule is COc1cc(NC(=O)c2ccn(-c3cccc(F)c3)n2)ccc1N1CCCC1=O. The average Bonchev–Trinajstić information content (AvgIpc) is 3.37. The molecule has 8 heteroatoms. The van der Waals surface area contributed by atoms with Crippen molar-refractivity contribution in [1.82, 2.24) is 9.78 Å². The van der Waals surface area contributed by atoms with Crippen molar-refractivity contribution in [3.63, 3.8) is 0 Å². The molecule has 0 bridgehead atoms. The molecule has 0 spiro atoms. The van der Waals surface area contributed by atoms with E-state index in [2.05, 4.69) is 10.4 Å². The van der Waals surface area contributed by atoms with Crippen LogP contribution < -0.4 is 15.0 Å². The number of nitrogens with one attached hydrogen (secondary N) is 1. The van der Waals surface area contributed by atoms with Gasteiger partial charge in [-0.3, -0.25) is 9.59 Å². The number of aromatic nitrogens is 2. The molecule has 0 atom stereocenters. The van der Waals surface area contributed by atoms with Gasteiger partial charge in [0.05, 0.1) is 18.5 Å². The highest BCUT2D eigenvalue weighted by atomic mass is 19.1. The summed E-state index contributed by atoms with van der Waals surface area (Å²) in [6, 6.07) is 12.6. The van der Waals surface area contributed by atoms with E-state index in [0.29, 0.717) is 35.8 Å². The molecule has 1 aliphatic rings. The van der Waals surface area contributed by atoms with Gasteiger partial charge >= 0.3 is 0 Å². The number of rotatable bonds is 5. The van der Waals surface area contributed by atoms with E-state index in [-0.39, 0.29) is 17.4 Å². The lowest BCUT2D eigenvalue weighted by Gasteiger charge is -2.19. The normalized spacial score (nSPS) is 13.6. The largest absolute Gasteiger partial charge is 0.494 e. The van der Waals surface area contributed by atoms with Gasteiger partial charge in [0, 0.05) is 30.9 Å². The molecule has 0 aliphatic carbocycles. The number of methoxy groups -OCH3 is 1. The van der Waals surface area contributed by atoms with Crippen molar-refractivity contribution in [2.75, 3.05) is 23.9 Å². The van der Waals surface area contributed by atoms with Crippen molar-refractivity contribution < 1.29 is 18.7 Å². The second-order valence-electron chi connectivity index (χ2n) is 6.62. The molecule has 29 heavy (non-hydrogen) atoms. The molecule has 3 aromatic rings. The van der Waals surface area contributed by atoms with Gasteiger partial charge in [0.25, 0.3) is 5.91 Å². The van der Waals surface area contributed by atoms with Crippen molar-refractivity contribution in [3.05, 3.63) is 66.2 Å². The molecule has 1 fully saturated rings.